The lowest BCUT2D eigenvalue weighted by Gasteiger charge is -1.96. The second kappa shape index (κ2) is 3.03. The van der Waals surface area contributed by atoms with Crippen LogP contribution >= 0.6 is 11.6 Å². The average Bonchev–Trinajstić information content (AvgIpc) is 2.56. The number of H-pyrrole nitrogens is 1. The van der Waals surface area contributed by atoms with Gasteiger partial charge in [-0.05, 0) is 29.3 Å². The number of aromatic nitrogens is 1. The first kappa shape index (κ1) is 7.44. The predicted octanol–water partition coefficient (Wildman–Crippen LogP) is 3.34. The molecule has 1 heterocycles. The number of aromatic amines is 1. The lowest BCUT2D eigenvalue weighted by Crippen LogP contribution is -1.72. The van der Waals surface area contributed by atoms with Gasteiger partial charge in [-0.2, -0.15) is 0 Å². The van der Waals surface area contributed by atoms with Crippen LogP contribution in [0.25, 0.3) is 11.1 Å². The summed E-state index contributed by atoms with van der Waals surface area (Å²) in [6, 6.07) is 9.83. The van der Waals surface area contributed by atoms with Crippen LogP contribution in [0.1, 0.15) is 0 Å². The third-order valence-electron chi connectivity index (χ3n) is 1.76. The summed E-state index contributed by atoms with van der Waals surface area (Å²) in [6.45, 7) is 0. The van der Waals surface area contributed by atoms with Gasteiger partial charge < -0.3 is 4.98 Å². The Hall–Kier alpha value is -1.21. The Balaban J connectivity index is 2.48. The molecule has 0 amide bonds. The third kappa shape index (κ3) is 1.36. The minimum atomic E-state index is 0.772. The van der Waals surface area contributed by atoms with Crippen molar-refractivity contribution in [1.29, 1.82) is 0 Å². The van der Waals surface area contributed by atoms with Crippen LogP contribution in [-0.2, 0) is 0 Å². The molecule has 0 bridgehead atoms. The van der Waals surface area contributed by atoms with Crippen LogP contribution in [-0.4, -0.2) is 4.98 Å². The zero-order chi connectivity index (χ0) is 8.39. The zero-order valence-corrected chi connectivity index (χ0v) is 7.18. The summed E-state index contributed by atoms with van der Waals surface area (Å²) in [5.41, 5.74) is 2.31. The van der Waals surface area contributed by atoms with Crippen molar-refractivity contribution >= 4 is 11.6 Å². The number of halogens is 1. The highest BCUT2D eigenvalue weighted by atomic mass is 35.5. The van der Waals surface area contributed by atoms with Gasteiger partial charge >= 0.3 is 0 Å². The summed E-state index contributed by atoms with van der Waals surface area (Å²) in [7, 11) is 0. The smallest absolute Gasteiger partial charge is 0.0412 e. The molecule has 0 unspecified atom stereocenters. The highest BCUT2D eigenvalue weighted by Gasteiger charge is 1.96. The van der Waals surface area contributed by atoms with E-state index in [1.807, 2.05) is 42.7 Å². The Bertz CT molecular complexity index is 365. The SMILES string of the molecule is Clc1cccc(-c2cc[nH]c2)c1. The van der Waals surface area contributed by atoms with Gasteiger partial charge in [0.25, 0.3) is 0 Å². The van der Waals surface area contributed by atoms with E-state index in [2.05, 4.69) is 4.98 Å². The van der Waals surface area contributed by atoms with Crippen molar-refractivity contribution in [2.75, 3.05) is 0 Å². The van der Waals surface area contributed by atoms with Gasteiger partial charge in [-0.25, -0.2) is 0 Å². The van der Waals surface area contributed by atoms with Gasteiger partial charge in [0.05, 0.1) is 0 Å². The maximum Gasteiger partial charge on any atom is 0.0412 e. The number of hydrogen-bond acceptors (Lipinski definition) is 0. The van der Waals surface area contributed by atoms with E-state index in [9.17, 15) is 0 Å². The molecule has 0 saturated carbocycles. The van der Waals surface area contributed by atoms with Gasteiger partial charge in [0.2, 0.25) is 0 Å². The third-order valence-corrected chi connectivity index (χ3v) is 1.99. The van der Waals surface area contributed by atoms with E-state index in [0.29, 0.717) is 0 Å². The molecule has 0 saturated heterocycles. The fraction of sp³-hybridized carbons (Fsp3) is 0. The normalized spacial score (nSPS) is 10.1. The van der Waals surface area contributed by atoms with Crippen molar-refractivity contribution in [1.82, 2.24) is 4.98 Å². The van der Waals surface area contributed by atoms with Crippen molar-refractivity contribution in [2.24, 2.45) is 0 Å². The summed E-state index contributed by atoms with van der Waals surface area (Å²) in [6.07, 6.45) is 3.85. The number of benzene rings is 1. The van der Waals surface area contributed by atoms with Gasteiger partial charge in [-0.1, -0.05) is 23.7 Å². The second-order valence-corrected chi connectivity index (χ2v) is 3.05. The Morgan fingerprint density at radius 1 is 1.08 bits per heavy atom. The molecule has 0 fully saturated rings. The van der Waals surface area contributed by atoms with Gasteiger partial charge in [-0.3, -0.25) is 0 Å². The van der Waals surface area contributed by atoms with Crippen molar-refractivity contribution in [2.45, 2.75) is 0 Å². The minimum absolute atomic E-state index is 0.772. The quantitative estimate of drug-likeness (QED) is 0.688. The van der Waals surface area contributed by atoms with E-state index < -0.39 is 0 Å². The van der Waals surface area contributed by atoms with Crippen molar-refractivity contribution in [3.8, 4) is 11.1 Å². The van der Waals surface area contributed by atoms with E-state index in [-0.39, 0.29) is 0 Å². The Morgan fingerprint density at radius 3 is 2.67 bits per heavy atom. The molecule has 1 nitrogen and oxygen atoms in total. The number of hydrogen-bond donors (Lipinski definition) is 1. The Kier molecular flexibility index (Phi) is 1.88. The molecule has 0 spiro atoms. The molecular weight excluding hydrogens is 170 g/mol. The molecule has 1 aromatic heterocycles. The van der Waals surface area contributed by atoms with Gasteiger partial charge in [0.1, 0.15) is 0 Å². The predicted molar refractivity (Wildman–Crippen MR) is 51.2 cm³/mol. The van der Waals surface area contributed by atoms with Crippen LogP contribution in [0.2, 0.25) is 5.02 Å². The van der Waals surface area contributed by atoms with Crippen LogP contribution in [0.15, 0.2) is 42.7 Å². The largest absolute Gasteiger partial charge is 0.367 e. The summed E-state index contributed by atoms with van der Waals surface area (Å²) < 4.78 is 0. The second-order valence-electron chi connectivity index (χ2n) is 2.61. The maximum absolute atomic E-state index is 5.85. The minimum Gasteiger partial charge on any atom is -0.367 e. The van der Waals surface area contributed by atoms with Crippen LogP contribution in [0, 0.1) is 0 Å². The van der Waals surface area contributed by atoms with E-state index >= 15 is 0 Å². The van der Waals surface area contributed by atoms with Gasteiger partial charge in [-0.15, -0.1) is 0 Å². The summed E-state index contributed by atoms with van der Waals surface area (Å²) in [5, 5.41) is 0.772. The number of nitrogens with one attached hydrogen (secondary N) is 1. The molecule has 1 aromatic carbocycles. The topological polar surface area (TPSA) is 15.8 Å². The standard InChI is InChI=1S/C10H8ClN/c11-10-3-1-2-8(6-10)9-4-5-12-7-9/h1-7,12H. The first-order chi connectivity index (χ1) is 5.86. The molecule has 60 valence electrons. The first-order valence-corrected chi connectivity index (χ1v) is 4.13. The van der Waals surface area contributed by atoms with E-state index in [1.54, 1.807) is 0 Å². The molecule has 12 heavy (non-hydrogen) atoms. The van der Waals surface area contributed by atoms with Crippen molar-refractivity contribution in [3.05, 3.63) is 47.7 Å². The average molecular weight is 178 g/mol. The summed E-state index contributed by atoms with van der Waals surface area (Å²) in [5.74, 6) is 0. The molecular formula is C10H8ClN. The first-order valence-electron chi connectivity index (χ1n) is 3.75. The summed E-state index contributed by atoms with van der Waals surface area (Å²) in [4.78, 5) is 3.00. The highest BCUT2D eigenvalue weighted by molar-refractivity contribution is 6.30. The molecule has 0 aliphatic heterocycles. The lowest BCUT2D eigenvalue weighted by molar-refractivity contribution is 1.41. The van der Waals surface area contributed by atoms with Crippen LogP contribution < -0.4 is 0 Å². The van der Waals surface area contributed by atoms with E-state index in [0.717, 1.165) is 16.1 Å². The molecule has 0 radical (unpaired) electrons. The molecule has 0 aliphatic carbocycles. The lowest BCUT2D eigenvalue weighted by atomic mass is 10.1. The highest BCUT2D eigenvalue weighted by Crippen LogP contribution is 2.21. The summed E-state index contributed by atoms with van der Waals surface area (Å²) >= 11 is 5.85. The maximum atomic E-state index is 5.85. The Morgan fingerprint density at radius 2 is 2.00 bits per heavy atom. The van der Waals surface area contributed by atoms with Crippen LogP contribution in [0.5, 0.6) is 0 Å². The fourth-order valence-corrected chi connectivity index (χ4v) is 1.36. The van der Waals surface area contributed by atoms with E-state index in [1.165, 1.54) is 0 Å². The molecule has 2 aromatic rings. The zero-order valence-electron chi connectivity index (χ0n) is 6.42. The van der Waals surface area contributed by atoms with Crippen LogP contribution in [0.4, 0.5) is 0 Å². The number of rotatable bonds is 1. The molecule has 2 heteroatoms. The van der Waals surface area contributed by atoms with E-state index in [4.69, 9.17) is 11.6 Å². The van der Waals surface area contributed by atoms with Crippen LogP contribution in [0.3, 0.4) is 0 Å². The fourth-order valence-electron chi connectivity index (χ4n) is 1.17. The molecule has 1 N–H and O–H groups in total. The van der Waals surface area contributed by atoms with Gasteiger partial charge in [0, 0.05) is 17.4 Å². The molecule has 0 atom stereocenters. The monoisotopic (exact) mass is 177 g/mol. The van der Waals surface area contributed by atoms with Crippen molar-refractivity contribution in [3.63, 3.8) is 0 Å². The molecule has 0 aliphatic rings. The molecule has 2 rings (SSSR count). The van der Waals surface area contributed by atoms with Gasteiger partial charge in [0.15, 0.2) is 0 Å². The van der Waals surface area contributed by atoms with Crippen molar-refractivity contribution < 1.29 is 0 Å². The Labute approximate surface area is 76.0 Å².